The first-order chi connectivity index (χ1) is 9.11. The van der Waals surface area contributed by atoms with Gasteiger partial charge in [-0.05, 0) is 24.3 Å². The lowest BCUT2D eigenvalue weighted by atomic mass is 10.2. The number of benzene rings is 2. The normalized spacial score (nSPS) is 10.0. The van der Waals surface area contributed by atoms with Crippen molar-refractivity contribution in [2.75, 3.05) is 18.2 Å². The number of carbonyl (C=O) groups is 1. The van der Waals surface area contributed by atoms with E-state index in [4.69, 9.17) is 22.1 Å². The van der Waals surface area contributed by atoms with Gasteiger partial charge in [0.25, 0.3) is 5.91 Å². The molecule has 3 N–H and O–H groups in total. The van der Waals surface area contributed by atoms with Gasteiger partial charge in [0, 0.05) is 6.07 Å². The van der Waals surface area contributed by atoms with Gasteiger partial charge in [-0.15, -0.1) is 0 Å². The molecule has 2 aromatic carbocycles. The minimum absolute atomic E-state index is 0.303. The molecule has 19 heavy (non-hydrogen) atoms. The molecule has 2 rings (SSSR count). The lowest BCUT2D eigenvalue weighted by molar-refractivity contribution is 0.102. The third kappa shape index (κ3) is 2.98. The molecule has 5 heteroatoms. The van der Waals surface area contributed by atoms with Crippen molar-refractivity contribution in [1.82, 2.24) is 0 Å². The molecular weight excluding hydrogens is 264 g/mol. The van der Waals surface area contributed by atoms with E-state index in [1.165, 1.54) is 0 Å². The molecule has 0 aliphatic rings. The molecule has 0 heterocycles. The Labute approximate surface area is 116 Å². The summed E-state index contributed by atoms with van der Waals surface area (Å²) >= 11 is 5.96. The second-order valence-corrected chi connectivity index (χ2v) is 4.29. The molecular formula is C14H13ClN2O2. The van der Waals surface area contributed by atoms with Crippen LogP contribution in [0.1, 0.15) is 10.4 Å². The van der Waals surface area contributed by atoms with E-state index in [2.05, 4.69) is 5.32 Å². The zero-order chi connectivity index (χ0) is 13.8. The number of halogens is 1. The van der Waals surface area contributed by atoms with Crippen molar-refractivity contribution in [3.63, 3.8) is 0 Å². The molecule has 0 fully saturated rings. The Morgan fingerprint density at radius 2 is 2.00 bits per heavy atom. The molecule has 2 aromatic rings. The molecule has 0 saturated heterocycles. The highest BCUT2D eigenvalue weighted by molar-refractivity contribution is 6.34. The van der Waals surface area contributed by atoms with Crippen molar-refractivity contribution < 1.29 is 9.53 Å². The molecule has 0 atom stereocenters. The van der Waals surface area contributed by atoms with Gasteiger partial charge in [-0.3, -0.25) is 4.79 Å². The average Bonchev–Trinajstić information content (AvgIpc) is 2.41. The molecule has 0 aromatic heterocycles. The van der Waals surface area contributed by atoms with E-state index in [1.54, 1.807) is 49.6 Å². The summed E-state index contributed by atoms with van der Waals surface area (Å²) in [6.45, 7) is 0. The smallest absolute Gasteiger partial charge is 0.257 e. The van der Waals surface area contributed by atoms with Gasteiger partial charge in [0.15, 0.2) is 0 Å². The van der Waals surface area contributed by atoms with Crippen LogP contribution in [0.5, 0.6) is 5.75 Å². The van der Waals surface area contributed by atoms with E-state index in [0.717, 1.165) is 0 Å². The number of methoxy groups -OCH3 is 1. The molecule has 0 bridgehead atoms. The first-order valence-electron chi connectivity index (χ1n) is 5.61. The van der Waals surface area contributed by atoms with Crippen LogP contribution in [0.3, 0.4) is 0 Å². The number of nitrogen functional groups attached to an aromatic ring is 1. The summed E-state index contributed by atoms with van der Waals surface area (Å²) in [6.07, 6.45) is 0. The number of nitrogens with two attached hydrogens (primary N) is 1. The van der Waals surface area contributed by atoms with Gasteiger partial charge in [0.05, 0.1) is 29.1 Å². The number of ether oxygens (including phenoxy) is 1. The van der Waals surface area contributed by atoms with Crippen molar-refractivity contribution in [2.24, 2.45) is 0 Å². The molecule has 0 radical (unpaired) electrons. The van der Waals surface area contributed by atoms with Crippen LogP contribution in [0.15, 0.2) is 42.5 Å². The minimum Gasteiger partial charge on any atom is -0.497 e. The van der Waals surface area contributed by atoms with Crippen LogP contribution < -0.4 is 15.8 Å². The second-order valence-electron chi connectivity index (χ2n) is 3.89. The van der Waals surface area contributed by atoms with E-state index < -0.39 is 0 Å². The van der Waals surface area contributed by atoms with Crippen LogP contribution in [-0.4, -0.2) is 13.0 Å². The second kappa shape index (κ2) is 5.63. The van der Waals surface area contributed by atoms with Gasteiger partial charge in [0.2, 0.25) is 0 Å². The zero-order valence-electron chi connectivity index (χ0n) is 10.3. The van der Waals surface area contributed by atoms with Crippen molar-refractivity contribution in [3.05, 3.63) is 53.1 Å². The third-order valence-electron chi connectivity index (χ3n) is 2.63. The largest absolute Gasteiger partial charge is 0.497 e. The lowest BCUT2D eigenvalue weighted by Gasteiger charge is -2.10. The number of hydrogen-bond acceptors (Lipinski definition) is 3. The number of carbonyl (C=O) groups excluding carboxylic acids is 1. The highest BCUT2D eigenvalue weighted by Gasteiger charge is 2.11. The van der Waals surface area contributed by atoms with Gasteiger partial charge in [-0.2, -0.15) is 0 Å². The maximum Gasteiger partial charge on any atom is 0.257 e. The van der Waals surface area contributed by atoms with E-state index in [0.29, 0.717) is 27.7 Å². The van der Waals surface area contributed by atoms with Crippen LogP contribution in [0.25, 0.3) is 0 Å². The Hall–Kier alpha value is -2.20. The molecule has 0 unspecified atom stereocenters. The summed E-state index contributed by atoms with van der Waals surface area (Å²) in [5, 5.41) is 3.11. The van der Waals surface area contributed by atoms with Crippen LogP contribution in [-0.2, 0) is 0 Å². The maximum atomic E-state index is 12.1. The van der Waals surface area contributed by atoms with E-state index in [1.807, 2.05) is 0 Å². The van der Waals surface area contributed by atoms with Crippen molar-refractivity contribution in [1.29, 1.82) is 0 Å². The van der Waals surface area contributed by atoms with Crippen LogP contribution in [0, 0.1) is 0 Å². The van der Waals surface area contributed by atoms with E-state index >= 15 is 0 Å². The third-order valence-corrected chi connectivity index (χ3v) is 2.96. The van der Waals surface area contributed by atoms with Crippen molar-refractivity contribution in [3.8, 4) is 5.75 Å². The standard InChI is InChI=1S/C14H13ClN2O2/c1-19-9-6-7-13(12(16)8-9)17-14(18)10-4-2-3-5-11(10)15/h2-8H,16H2,1H3,(H,17,18). The first kappa shape index (κ1) is 13.2. The van der Waals surface area contributed by atoms with Gasteiger partial charge < -0.3 is 15.8 Å². The SMILES string of the molecule is COc1ccc(NC(=O)c2ccccc2Cl)c(N)c1. The predicted molar refractivity (Wildman–Crippen MR) is 76.8 cm³/mol. The average molecular weight is 277 g/mol. The summed E-state index contributed by atoms with van der Waals surface area (Å²) in [6, 6.07) is 11.9. The summed E-state index contributed by atoms with van der Waals surface area (Å²) < 4.78 is 5.04. The monoisotopic (exact) mass is 276 g/mol. The van der Waals surface area contributed by atoms with Crippen molar-refractivity contribution >= 4 is 28.9 Å². The highest BCUT2D eigenvalue weighted by Crippen LogP contribution is 2.25. The number of amides is 1. The lowest BCUT2D eigenvalue weighted by Crippen LogP contribution is -2.13. The fourth-order valence-corrected chi connectivity index (χ4v) is 1.84. The Morgan fingerprint density at radius 3 is 2.63 bits per heavy atom. The van der Waals surface area contributed by atoms with Gasteiger partial charge >= 0.3 is 0 Å². The molecule has 4 nitrogen and oxygen atoms in total. The summed E-state index contributed by atoms with van der Waals surface area (Å²) in [5.41, 5.74) is 7.19. The predicted octanol–water partition coefficient (Wildman–Crippen LogP) is 3.18. The molecule has 98 valence electrons. The van der Waals surface area contributed by atoms with Crippen LogP contribution in [0.2, 0.25) is 5.02 Å². The minimum atomic E-state index is -0.303. The topological polar surface area (TPSA) is 64.3 Å². The molecule has 0 aliphatic carbocycles. The quantitative estimate of drug-likeness (QED) is 0.846. The summed E-state index contributed by atoms with van der Waals surface area (Å²) in [7, 11) is 1.55. The Kier molecular flexibility index (Phi) is 3.92. The molecule has 0 aliphatic heterocycles. The van der Waals surface area contributed by atoms with Gasteiger partial charge in [-0.25, -0.2) is 0 Å². The Morgan fingerprint density at radius 1 is 1.26 bits per heavy atom. The molecule has 0 spiro atoms. The molecule has 1 amide bonds. The Bertz CT molecular complexity index is 614. The fourth-order valence-electron chi connectivity index (χ4n) is 1.62. The summed E-state index contributed by atoms with van der Waals surface area (Å²) in [5.74, 6) is 0.329. The van der Waals surface area contributed by atoms with Crippen LogP contribution in [0.4, 0.5) is 11.4 Å². The maximum absolute atomic E-state index is 12.1. The fraction of sp³-hybridized carbons (Fsp3) is 0.0714. The van der Waals surface area contributed by atoms with Crippen molar-refractivity contribution in [2.45, 2.75) is 0 Å². The number of rotatable bonds is 3. The number of nitrogens with one attached hydrogen (secondary N) is 1. The van der Waals surface area contributed by atoms with Gasteiger partial charge in [-0.1, -0.05) is 23.7 Å². The highest BCUT2D eigenvalue weighted by atomic mass is 35.5. The van der Waals surface area contributed by atoms with Gasteiger partial charge in [0.1, 0.15) is 5.75 Å². The van der Waals surface area contributed by atoms with E-state index in [-0.39, 0.29) is 5.91 Å². The first-order valence-corrected chi connectivity index (χ1v) is 5.99. The molecule has 0 saturated carbocycles. The Balaban J connectivity index is 2.22. The number of hydrogen-bond donors (Lipinski definition) is 2. The zero-order valence-corrected chi connectivity index (χ0v) is 11.1. The van der Waals surface area contributed by atoms with E-state index in [9.17, 15) is 4.79 Å². The summed E-state index contributed by atoms with van der Waals surface area (Å²) in [4.78, 5) is 12.1. The number of anilines is 2. The van der Waals surface area contributed by atoms with Crippen LogP contribution >= 0.6 is 11.6 Å².